The summed E-state index contributed by atoms with van der Waals surface area (Å²) in [6.07, 6.45) is 0. The van der Waals surface area contributed by atoms with Gasteiger partial charge in [0.25, 0.3) is 15.9 Å². The van der Waals surface area contributed by atoms with Crippen LogP contribution in [0.15, 0.2) is 47.4 Å². The predicted molar refractivity (Wildman–Crippen MR) is 106 cm³/mol. The molecule has 1 heterocycles. The van der Waals surface area contributed by atoms with Gasteiger partial charge in [-0.25, -0.2) is 13.2 Å². The summed E-state index contributed by atoms with van der Waals surface area (Å²) < 4.78 is 38.3. The standard InChI is InChI=1S/C20H22N2O6S/c1-14-7-8-15(13-17(14)20(24)27-2)29(25,26)21-18-6-4-3-5-16(18)19(23)22-9-11-28-12-10-22/h3-8,13,21H,9-12H2,1-2H3. The number of rotatable bonds is 5. The number of aryl methyl sites for hydroxylation is 1. The Morgan fingerprint density at radius 3 is 2.45 bits per heavy atom. The van der Waals surface area contributed by atoms with E-state index in [1.807, 2.05) is 0 Å². The van der Waals surface area contributed by atoms with Gasteiger partial charge in [0.15, 0.2) is 0 Å². The SMILES string of the molecule is COC(=O)c1cc(S(=O)(=O)Nc2ccccc2C(=O)N2CCOCC2)ccc1C. The van der Waals surface area contributed by atoms with Crippen LogP contribution in [0, 0.1) is 6.92 Å². The van der Waals surface area contributed by atoms with Crippen molar-refractivity contribution in [3.63, 3.8) is 0 Å². The van der Waals surface area contributed by atoms with Crippen LogP contribution >= 0.6 is 0 Å². The Hall–Kier alpha value is -2.91. The molecule has 1 saturated heterocycles. The molecule has 8 nitrogen and oxygen atoms in total. The minimum absolute atomic E-state index is 0.0999. The molecule has 154 valence electrons. The third-order valence-corrected chi connectivity index (χ3v) is 5.99. The smallest absolute Gasteiger partial charge is 0.338 e. The molecule has 0 atom stereocenters. The number of esters is 1. The number of amides is 1. The van der Waals surface area contributed by atoms with Crippen molar-refractivity contribution in [2.75, 3.05) is 38.1 Å². The van der Waals surface area contributed by atoms with Crippen molar-refractivity contribution in [1.29, 1.82) is 0 Å². The summed E-state index contributed by atoms with van der Waals surface area (Å²) in [6.45, 7) is 3.46. The molecule has 0 spiro atoms. The Morgan fingerprint density at radius 1 is 1.07 bits per heavy atom. The summed E-state index contributed by atoms with van der Waals surface area (Å²) in [5.74, 6) is -0.895. The van der Waals surface area contributed by atoms with Gasteiger partial charge in [0.2, 0.25) is 0 Å². The highest BCUT2D eigenvalue weighted by atomic mass is 32.2. The summed E-state index contributed by atoms with van der Waals surface area (Å²) in [5.41, 5.74) is 1.18. The highest BCUT2D eigenvalue weighted by molar-refractivity contribution is 7.92. The Balaban J connectivity index is 1.92. The van der Waals surface area contributed by atoms with E-state index in [9.17, 15) is 18.0 Å². The number of hydrogen-bond donors (Lipinski definition) is 1. The zero-order valence-corrected chi connectivity index (χ0v) is 17.0. The number of nitrogens with one attached hydrogen (secondary N) is 1. The van der Waals surface area contributed by atoms with Crippen molar-refractivity contribution >= 4 is 27.6 Å². The maximum Gasteiger partial charge on any atom is 0.338 e. The second-order valence-electron chi connectivity index (χ2n) is 6.52. The number of morpholine rings is 1. The third-order valence-electron chi connectivity index (χ3n) is 4.62. The van der Waals surface area contributed by atoms with Gasteiger partial charge in [0, 0.05) is 13.1 Å². The minimum atomic E-state index is -4.03. The summed E-state index contributed by atoms with van der Waals surface area (Å²) >= 11 is 0. The zero-order chi connectivity index (χ0) is 21.0. The number of carbonyl (C=O) groups excluding carboxylic acids is 2. The van der Waals surface area contributed by atoms with Gasteiger partial charge in [-0.15, -0.1) is 0 Å². The number of methoxy groups -OCH3 is 1. The zero-order valence-electron chi connectivity index (χ0n) is 16.2. The van der Waals surface area contributed by atoms with Crippen LogP contribution in [-0.2, 0) is 19.5 Å². The van der Waals surface area contributed by atoms with Crippen LogP contribution in [0.5, 0.6) is 0 Å². The van der Waals surface area contributed by atoms with Gasteiger partial charge in [0.05, 0.1) is 42.0 Å². The highest BCUT2D eigenvalue weighted by Crippen LogP contribution is 2.23. The van der Waals surface area contributed by atoms with Crippen molar-refractivity contribution in [2.24, 2.45) is 0 Å². The number of anilines is 1. The molecule has 2 aromatic rings. The summed E-state index contributed by atoms with van der Waals surface area (Å²) in [7, 11) is -2.80. The molecule has 1 fully saturated rings. The average Bonchev–Trinajstić information content (AvgIpc) is 2.73. The number of hydrogen-bond acceptors (Lipinski definition) is 6. The first-order valence-electron chi connectivity index (χ1n) is 9.01. The van der Waals surface area contributed by atoms with Crippen LogP contribution in [0.25, 0.3) is 0 Å². The predicted octanol–water partition coefficient (Wildman–Crippen LogP) is 2.05. The monoisotopic (exact) mass is 418 g/mol. The van der Waals surface area contributed by atoms with Gasteiger partial charge < -0.3 is 14.4 Å². The fraction of sp³-hybridized carbons (Fsp3) is 0.300. The molecule has 0 aromatic heterocycles. The molecule has 3 rings (SSSR count). The van der Waals surface area contributed by atoms with E-state index in [0.717, 1.165) is 0 Å². The number of sulfonamides is 1. The first kappa shape index (κ1) is 20.8. The summed E-state index contributed by atoms with van der Waals surface area (Å²) in [6, 6.07) is 10.6. The van der Waals surface area contributed by atoms with Crippen LogP contribution < -0.4 is 4.72 Å². The van der Waals surface area contributed by atoms with E-state index in [1.165, 1.54) is 31.4 Å². The highest BCUT2D eigenvalue weighted by Gasteiger charge is 2.24. The van der Waals surface area contributed by atoms with Gasteiger partial charge in [0.1, 0.15) is 0 Å². The summed E-state index contributed by atoms with van der Waals surface area (Å²) in [5, 5.41) is 0. The summed E-state index contributed by atoms with van der Waals surface area (Å²) in [4.78, 5) is 26.3. The van der Waals surface area contributed by atoms with Gasteiger partial charge in [-0.3, -0.25) is 9.52 Å². The second kappa shape index (κ2) is 8.62. The largest absolute Gasteiger partial charge is 0.465 e. The van der Waals surface area contributed by atoms with Gasteiger partial charge in [-0.2, -0.15) is 0 Å². The minimum Gasteiger partial charge on any atom is -0.465 e. The fourth-order valence-corrected chi connectivity index (χ4v) is 4.10. The Kier molecular flexibility index (Phi) is 6.19. The normalized spacial score (nSPS) is 14.3. The number of nitrogens with zero attached hydrogens (tertiary/aromatic N) is 1. The average molecular weight is 418 g/mol. The quantitative estimate of drug-likeness (QED) is 0.746. The maximum atomic E-state index is 12.9. The maximum absolute atomic E-state index is 12.9. The van der Waals surface area contributed by atoms with Crippen molar-refractivity contribution < 1.29 is 27.5 Å². The van der Waals surface area contributed by atoms with Crippen LogP contribution in [0.4, 0.5) is 5.69 Å². The molecular weight excluding hydrogens is 396 g/mol. The fourth-order valence-electron chi connectivity index (χ4n) is 3.00. The molecule has 0 unspecified atom stereocenters. The van der Waals surface area contributed by atoms with E-state index in [1.54, 1.807) is 30.0 Å². The van der Waals surface area contributed by atoms with Crippen LogP contribution in [0.3, 0.4) is 0 Å². The molecule has 0 radical (unpaired) electrons. The van der Waals surface area contributed by atoms with E-state index >= 15 is 0 Å². The Morgan fingerprint density at radius 2 is 1.76 bits per heavy atom. The topological polar surface area (TPSA) is 102 Å². The third kappa shape index (κ3) is 4.57. The first-order valence-corrected chi connectivity index (χ1v) is 10.5. The van der Waals surface area contributed by atoms with Gasteiger partial charge >= 0.3 is 5.97 Å². The van der Waals surface area contributed by atoms with Crippen LogP contribution in [0.1, 0.15) is 26.3 Å². The molecule has 1 N–H and O–H groups in total. The first-order chi connectivity index (χ1) is 13.8. The van der Waals surface area contributed by atoms with E-state index in [2.05, 4.69) is 4.72 Å². The molecule has 1 amide bonds. The molecule has 1 aliphatic rings. The lowest BCUT2D eigenvalue weighted by Gasteiger charge is -2.27. The second-order valence-corrected chi connectivity index (χ2v) is 8.21. The molecule has 29 heavy (non-hydrogen) atoms. The molecule has 9 heteroatoms. The lowest BCUT2D eigenvalue weighted by Crippen LogP contribution is -2.41. The lowest BCUT2D eigenvalue weighted by atomic mass is 10.1. The van der Waals surface area contributed by atoms with Crippen molar-refractivity contribution in [3.05, 3.63) is 59.2 Å². The molecule has 2 aromatic carbocycles. The van der Waals surface area contributed by atoms with Crippen molar-refractivity contribution in [2.45, 2.75) is 11.8 Å². The molecular formula is C20H22N2O6S. The number of carbonyl (C=O) groups is 2. The van der Waals surface area contributed by atoms with Gasteiger partial charge in [-0.1, -0.05) is 18.2 Å². The number of ether oxygens (including phenoxy) is 2. The van der Waals surface area contributed by atoms with Crippen LogP contribution in [-0.4, -0.2) is 58.6 Å². The number of benzene rings is 2. The molecule has 1 aliphatic heterocycles. The van der Waals surface area contributed by atoms with Crippen LogP contribution in [0.2, 0.25) is 0 Å². The number of para-hydroxylation sites is 1. The lowest BCUT2D eigenvalue weighted by molar-refractivity contribution is 0.0303. The van der Waals surface area contributed by atoms with Gasteiger partial charge in [-0.05, 0) is 36.8 Å². The van der Waals surface area contributed by atoms with E-state index < -0.39 is 16.0 Å². The van der Waals surface area contributed by atoms with Crippen molar-refractivity contribution in [1.82, 2.24) is 4.90 Å². The Labute approximate surface area is 169 Å². The Bertz CT molecular complexity index is 1030. The van der Waals surface area contributed by atoms with E-state index in [-0.39, 0.29) is 27.6 Å². The molecule has 0 aliphatic carbocycles. The molecule has 0 saturated carbocycles. The van der Waals surface area contributed by atoms with E-state index in [4.69, 9.17) is 9.47 Å². The molecule has 0 bridgehead atoms. The van der Waals surface area contributed by atoms with Crippen molar-refractivity contribution in [3.8, 4) is 0 Å². The van der Waals surface area contributed by atoms with E-state index in [0.29, 0.717) is 31.9 Å².